The fourth-order valence-electron chi connectivity index (χ4n) is 3.63. The van der Waals surface area contributed by atoms with Crippen molar-refractivity contribution in [1.82, 2.24) is 9.69 Å². The number of rotatable bonds is 11. The second-order valence-electron chi connectivity index (χ2n) is 7.87. The van der Waals surface area contributed by atoms with Crippen molar-refractivity contribution in [3.8, 4) is 17.2 Å². The Morgan fingerprint density at radius 3 is 2.36 bits per heavy atom. The summed E-state index contributed by atoms with van der Waals surface area (Å²) in [5.41, 5.74) is 11.2. The van der Waals surface area contributed by atoms with Gasteiger partial charge in [0.1, 0.15) is 34.7 Å². The first kappa shape index (κ1) is 28.7. The van der Waals surface area contributed by atoms with Gasteiger partial charge in [0, 0.05) is 6.07 Å². The number of nitrogens with zero attached hydrogens (tertiary/aromatic N) is 2. The summed E-state index contributed by atoms with van der Waals surface area (Å²) >= 11 is 0.630. The minimum Gasteiger partial charge on any atom is -0.508 e. The molecule has 1 atom stereocenters. The largest absolute Gasteiger partial charge is 0.508 e. The van der Waals surface area contributed by atoms with Gasteiger partial charge >= 0.3 is 5.97 Å². The Balaban J connectivity index is 2.24. The van der Waals surface area contributed by atoms with Crippen molar-refractivity contribution in [2.24, 2.45) is 5.73 Å². The maximum atomic E-state index is 14.1. The third-order valence-electron chi connectivity index (χ3n) is 5.45. The molecule has 0 aliphatic rings. The number of aromatic nitrogens is 1. The Morgan fingerprint density at radius 1 is 1.10 bits per heavy atom. The van der Waals surface area contributed by atoms with Crippen molar-refractivity contribution < 1.29 is 38.5 Å². The van der Waals surface area contributed by atoms with Crippen molar-refractivity contribution >= 4 is 46.6 Å². The topological polar surface area (TPSA) is 196 Å². The van der Waals surface area contributed by atoms with Gasteiger partial charge in [0.2, 0.25) is 5.91 Å². The summed E-state index contributed by atoms with van der Waals surface area (Å²) in [6, 6.07) is 8.67. The summed E-state index contributed by atoms with van der Waals surface area (Å²) in [6.45, 7) is 1.25. The Hall–Kier alpha value is -4.85. The van der Waals surface area contributed by atoms with Gasteiger partial charge < -0.3 is 36.1 Å². The van der Waals surface area contributed by atoms with Crippen molar-refractivity contribution in [3.63, 3.8) is 0 Å². The molecule has 0 spiro atoms. The van der Waals surface area contributed by atoms with Crippen LogP contribution in [0.3, 0.4) is 0 Å². The number of hydrogen-bond donors (Lipinski definition) is 4. The van der Waals surface area contributed by atoms with Crippen LogP contribution in [0.25, 0.3) is 0 Å². The van der Waals surface area contributed by atoms with Crippen LogP contribution in [0.2, 0.25) is 0 Å². The number of aromatic hydroxyl groups is 1. The van der Waals surface area contributed by atoms with Crippen LogP contribution in [0.5, 0.6) is 17.2 Å². The van der Waals surface area contributed by atoms with E-state index in [4.69, 9.17) is 25.7 Å². The molecule has 6 N–H and O–H groups in total. The number of carbonyl (C=O) groups is 4. The zero-order valence-electron chi connectivity index (χ0n) is 21.3. The van der Waals surface area contributed by atoms with Crippen LogP contribution < -0.4 is 31.2 Å². The first-order chi connectivity index (χ1) is 18.6. The van der Waals surface area contributed by atoms with Gasteiger partial charge in [0.05, 0.1) is 32.2 Å². The molecule has 0 radical (unpaired) electrons. The number of nitrogens with two attached hydrogens (primary N) is 2. The predicted octanol–water partition coefficient (Wildman–Crippen LogP) is 1.61. The number of carbonyl (C=O) groups excluding carboxylic acids is 4. The Bertz CT molecular complexity index is 1380. The van der Waals surface area contributed by atoms with Crippen molar-refractivity contribution in [2.75, 3.05) is 38.0 Å². The molecule has 0 aliphatic carbocycles. The zero-order chi connectivity index (χ0) is 28.7. The summed E-state index contributed by atoms with van der Waals surface area (Å²) in [7, 11) is 2.81. The molecule has 1 heterocycles. The number of anilines is 2. The molecule has 0 saturated heterocycles. The van der Waals surface area contributed by atoms with Crippen LogP contribution in [0.15, 0.2) is 42.5 Å². The molecule has 0 saturated carbocycles. The minimum atomic E-state index is -1.42. The molecule has 0 aliphatic heterocycles. The number of hydrogen-bond acceptors (Lipinski definition) is 11. The van der Waals surface area contributed by atoms with Gasteiger partial charge in [0.15, 0.2) is 5.69 Å². The third kappa shape index (κ3) is 6.35. The van der Waals surface area contributed by atoms with Gasteiger partial charge in [-0.05, 0) is 48.3 Å². The van der Waals surface area contributed by atoms with E-state index >= 15 is 0 Å². The second kappa shape index (κ2) is 12.6. The number of esters is 1. The molecular weight excluding hydrogens is 530 g/mol. The Kier molecular flexibility index (Phi) is 9.28. The first-order valence-corrected chi connectivity index (χ1v) is 12.2. The number of methoxy groups -OCH3 is 2. The van der Waals surface area contributed by atoms with E-state index in [1.165, 1.54) is 50.6 Å². The molecule has 0 unspecified atom stereocenters. The maximum Gasteiger partial charge on any atom is 0.325 e. The number of primary amides is 1. The van der Waals surface area contributed by atoms with E-state index in [-0.39, 0.29) is 45.6 Å². The molecule has 0 fully saturated rings. The lowest BCUT2D eigenvalue weighted by Crippen LogP contribution is -2.45. The van der Waals surface area contributed by atoms with Gasteiger partial charge in [-0.3, -0.25) is 24.1 Å². The zero-order valence-corrected chi connectivity index (χ0v) is 22.1. The normalized spacial score (nSPS) is 11.3. The number of ether oxygens (including phenoxy) is 3. The molecule has 3 rings (SSSR count). The number of benzene rings is 2. The molecule has 39 heavy (non-hydrogen) atoms. The highest BCUT2D eigenvalue weighted by molar-refractivity contribution is 7.09. The highest BCUT2D eigenvalue weighted by atomic mass is 32.1. The van der Waals surface area contributed by atoms with Crippen LogP contribution in [0.1, 0.15) is 38.7 Å². The smallest absolute Gasteiger partial charge is 0.325 e. The summed E-state index contributed by atoms with van der Waals surface area (Å²) < 4.78 is 19.6. The van der Waals surface area contributed by atoms with Crippen molar-refractivity contribution in [1.29, 1.82) is 0 Å². The average molecular weight is 558 g/mol. The predicted molar refractivity (Wildman–Crippen MR) is 142 cm³/mol. The van der Waals surface area contributed by atoms with E-state index in [1.807, 2.05) is 0 Å². The van der Waals surface area contributed by atoms with Crippen LogP contribution >= 0.6 is 11.5 Å². The summed E-state index contributed by atoms with van der Waals surface area (Å²) in [5.74, 6) is -2.72. The molecule has 3 aromatic rings. The quantitative estimate of drug-likeness (QED) is 0.251. The lowest BCUT2D eigenvalue weighted by molar-refractivity contribution is -0.143. The van der Waals surface area contributed by atoms with Crippen molar-refractivity contribution in [3.05, 3.63) is 58.6 Å². The lowest BCUT2D eigenvalue weighted by Gasteiger charge is -2.32. The molecule has 13 nitrogen and oxygen atoms in total. The fraction of sp³-hybridized carbons (Fsp3) is 0.240. The second-order valence-corrected chi connectivity index (χ2v) is 8.64. The molecule has 3 amide bonds. The van der Waals surface area contributed by atoms with E-state index in [9.17, 15) is 24.3 Å². The van der Waals surface area contributed by atoms with Crippen molar-refractivity contribution in [2.45, 2.75) is 13.0 Å². The minimum absolute atomic E-state index is 0.0814. The molecule has 1 aromatic heterocycles. The highest BCUT2D eigenvalue weighted by Gasteiger charge is 2.37. The van der Waals surface area contributed by atoms with E-state index in [1.54, 1.807) is 13.0 Å². The monoisotopic (exact) mass is 557 g/mol. The summed E-state index contributed by atoms with van der Waals surface area (Å²) in [5, 5.41) is 12.3. The van der Waals surface area contributed by atoms with E-state index in [2.05, 4.69) is 9.69 Å². The van der Waals surface area contributed by atoms with Crippen LogP contribution in [-0.4, -0.2) is 60.5 Å². The standard InChI is InChI=1S/C25H27N5O8S/c1-4-38-18(32)12-28-24(34)21(13-5-7-14(31)8-6-13)30(16-10-9-15(36-2)11-17(16)37-3)25(35)22-19(26)20(23(27)33)29-39-22/h5-11,21,31H,4,12,26H2,1-3H3,(H2,27,33)(H,28,34)/t21-/m1/s1. The molecule has 206 valence electrons. The molecule has 14 heteroatoms. The van der Waals surface area contributed by atoms with Gasteiger partial charge in [0.25, 0.3) is 11.8 Å². The van der Waals surface area contributed by atoms with Crippen LogP contribution in [0.4, 0.5) is 11.4 Å². The van der Waals surface area contributed by atoms with E-state index in [0.29, 0.717) is 17.3 Å². The van der Waals surface area contributed by atoms with Gasteiger partial charge in [-0.15, -0.1) is 0 Å². The number of amides is 3. The fourth-order valence-corrected chi connectivity index (χ4v) is 4.37. The van der Waals surface area contributed by atoms with Gasteiger partial charge in [-0.25, -0.2) is 0 Å². The SMILES string of the molecule is CCOC(=O)CNC(=O)[C@@H](c1ccc(O)cc1)N(C(=O)c1snc(C(N)=O)c1N)c1ccc(OC)cc1OC. The number of nitrogen functional groups attached to an aromatic ring is 1. The third-order valence-corrected chi connectivity index (χ3v) is 6.30. The van der Waals surface area contributed by atoms with Gasteiger partial charge in [-0.2, -0.15) is 4.37 Å². The Morgan fingerprint density at radius 2 is 1.79 bits per heavy atom. The lowest BCUT2D eigenvalue weighted by atomic mass is 10.0. The van der Waals surface area contributed by atoms with Crippen LogP contribution in [0, 0.1) is 0 Å². The van der Waals surface area contributed by atoms with E-state index < -0.39 is 36.3 Å². The Labute approximate surface area is 227 Å². The molecule has 2 aromatic carbocycles. The summed E-state index contributed by atoms with van der Waals surface area (Å²) in [6.07, 6.45) is 0. The number of phenols is 1. The first-order valence-electron chi connectivity index (χ1n) is 11.5. The average Bonchev–Trinajstić information content (AvgIpc) is 3.32. The maximum absolute atomic E-state index is 14.1. The van der Waals surface area contributed by atoms with Gasteiger partial charge in [-0.1, -0.05) is 12.1 Å². The van der Waals surface area contributed by atoms with E-state index in [0.717, 1.165) is 4.90 Å². The molecule has 0 bridgehead atoms. The highest BCUT2D eigenvalue weighted by Crippen LogP contribution is 2.40. The summed E-state index contributed by atoms with van der Waals surface area (Å²) in [4.78, 5) is 52.4. The molecular formula is C25H27N5O8S. The van der Waals surface area contributed by atoms with Crippen LogP contribution in [-0.2, 0) is 14.3 Å². The number of nitrogens with one attached hydrogen (secondary N) is 1. The number of phenolic OH excluding ortho intramolecular Hbond substituents is 1.